The summed E-state index contributed by atoms with van der Waals surface area (Å²) in [6, 6.07) is 3.61. The Bertz CT molecular complexity index is 561. The van der Waals surface area contributed by atoms with E-state index >= 15 is 0 Å². The van der Waals surface area contributed by atoms with Gasteiger partial charge in [-0.05, 0) is 25.5 Å². The number of rotatable bonds is 0. The number of benzene rings is 1. The van der Waals surface area contributed by atoms with E-state index in [9.17, 15) is 9.59 Å². The fourth-order valence-electron chi connectivity index (χ4n) is 1.87. The van der Waals surface area contributed by atoms with Gasteiger partial charge in [0.15, 0.2) is 0 Å². The van der Waals surface area contributed by atoms with Crippen molar-refractivity contribution in [3.05, 3.63) is 34.4 Å². The summed E-state index contributed by atoms with van der Waals surface area (Å²) in [5.74, 6) is 5.11. The smallest absolute Gasteiger partial charge is 0.262 e. The van der Waals surface area contributed by atoms with Crippen LogP contribution in [0.3, 0.4) is 0 Å². The number of fused-ring (bicyclic) bond motifs is 1. The van der Waals surface area contributed by atoms with Gasteiger partial charge in [0.1, 0.15) is 0 Å². The van der Waals surface area contributed by atoms with Crippen molar-refractivity contribution >= 4 is 11.8 Å². The number of carbonyl (C=O) groups is 2. The second-order valence-electron chi connectivity index (χ2n) is 3.72. The second kappa shape index (κ2) is 3.49. The minimum atomic E-state index is -0.263. The fraction of sp³-hybridized carbons (Fsp3) is 0.231. The van der Waals surface area contributed by atoms with Gasteiger partial charge in [-0.2, -0.15) is 0 Å². The normalized spacial score (nSPS) is 13.6. The first-order valence-electron chi connectivity index (χ1n) is 4.96. The molecule has 0 saturated heterocycles. The Morgan fingerprint density at radius 3 is 2.38 bits per heavy atom. The molecule has 0 fully saturated rings. The Morgan fingerprint density at radius 2 is 1.75 bits per heavy atom. The molecule has 0 atom stereocenters. The van der Waals surface area contributed by atoms with Crippen LogP contribution in [0.5, 0.6) is 0 Å². The lowest BCUT2D eigenvalue weighted by atomic mass is 9.98. The molecule has 2 amide bonds. The van der Waals surface area contributed by atoms with Gasteiger partial charge in [-0.3, -0.25) is 14.5 Å². The van der Waals surface area contributed by atoms with Crippen LogP contribution in [0, 0.1) is 18.8 Å². The maximum absolute atomic E-state index is 11.9. The first-order valence-corrected chi connectivity index (χ1v) is 4.96. The van der Waals surface area contributed by atoms with Crippen molar-refractivity contribution in [2.24, 2.45) is 0 Å². The van der Waals surface area contributed by atoms with Crippen molar-refractivity contribution in [3.63, 3.8) is 0 Å². The lowest BCUT2D eigenvalue weighted by molar-refractivity contribution is 0.0693. The summed E-state index contributed by atoms with van der Waals surface area (Å²) in [6.07, 6.45) is 0. The summed E-state index contributed by atoms with van der Waals surface area (Å²) < 4.78 is 0. The lowest BCUT2D eigenvalue weighted by Crippen LogP contribution is -2.24. The summed E-state index contributed by atoms with van der Waals surface area (Å²) in [4.78, 5) is 24.9. The number of hydrogen-bond donors (Lipinski definition) is 0. The molecule has 16 heavy (non-hydrogen) atoms. The zero-order valence-electron chi connectivity index (χ0n) is 9.42. The molecule has 1 heterocycles. The molecule has 0 spiro atoms. The second-order valence-corrected chi connectivity index (χ2v) is 3.72. The molecule has 1 aliphatic heterocycles. The number of hydrogen-bond acceptors (Lipinski definition) is 2. The Balaban J connectivity index is 2.80. The SMILES string of the molecule is CC#Cc1ccc(C)c2c1C(=O)N(C)C2=O. The molecule has 1 aliphatic rings. The first kappa shape index (κ1) is 10.4. The van der Waals surface area contributed by atoms with Crippen LogP contribution in [0.25, 0.3) is 0 Å². The quantitative estimate of drug-likeness (QED) is 0.485. The van der Waals surface area contributed by atoms with Gasteiger partial charge in [-0.15, -0.1) is 5.92 Å². The third-order valence-electron chi connectivity index (χ3n) is 2.71. The van der Waals surface area contributed by atoms with E-state index in [0.29, 0.717) is 16.7 Å². The zero-order chi connectivity index (χ0) is 11.9. The van der Waals surface area contributed by atoms with E-state index in [1.807, 2.05) is 13.0 Å². The van der Waals surface area contributed by atoms with Gasteiger partial charge in [0.25, 0.3) is 11.8 Å². The Morgan fingerprint density at radius 1 is 1.12 bits per heavy atom. The van der Waals surface area contributed by atoms with E-state index in [0.717, 1.165) is 10.5 Å². The Hall–Kier alpha value is -2.08. The Kier molecular flexibility index (Phi) is 2.28. The summed E-state index contributed by atoms with van der Waals surface area (Å²) in [7, 11) is 1.49. The molecule has 0 N–H and O–H groups in total. The summed E-state index contributed by atoms with van der Waals surface area (Å²) in [5.41, 5.74) is 2.39. The van der Waals surface area contributed by atoms with Crippen LogP contribution in [-0.4, -0.2) is 23.8 Å². The topological polar surface area (TPSA) is 37.4 Å². The first-order chi connectivity index (χ1) is 7.57. The predicted molar refractivity (Wildman–Crippen MR) is 60.2 cm³/mol. The average Bonchev–Trinajstić information content (AvgIpc) is 2.49. The molecule has 0 aliphatic carbocycles. The highest BCUT2D eigenvalue weighted by Gasteiger charge is 2.35. The molecule has 0 radical (unpaired) electrons. The summed E-state index contributed by atoms with van der Waals surface area (Å²) in [5, 5.41) is 0. The minimum absolute atomic E-state index is 0.239. The van der Waals surface area contributed by atoms with Gasteiger partial charge < -0.3 is 0 Å². The van der Waals surface area contributed by atoms with Crippen LogP contribution < -0.4 is 0 Å². The van der Waals surface area contributed by atoms with Gasteiger partial charge in [0.05, 0.1) is 11.1 Å². The van der Waals surface area contributed by atoms with Crippen molar-refractivity contribution in [2.75, 3.05) is 7.05 Å². The fourth-order valence-corrected chi connectivity index (χ4v) is 1.87. The van der Waals surface area contributed by atoms with Gasteiger partial charge >= 0.3 is 0 Å². The van der Waals surface area contributed by atoms with Gasteiger partial charge in [0, 0.05) is 12.6 Å². The molecule has 0 aromatic heterocycles. The number of carbonyl (C=O) groups excluding carboxylic acids is 2. The predicted octanol–water partition coefficient (Wildman–Crippen LogP) is 1.59. The molecule has 80 valence electrons. The van der Waals surface area contributed by atoms with E-state index in [-0.39, 0.29) is 11.8 Å². The van der Waals surface area contributed by atoms with E-state index < -0.39 is 0 Å². The Labute approximate surface area is 94.1 Å². The van der Waals surface area contributed by atoms with Crippen molar-refractivity contribution in [3.8, 4) is 11.8 Å². The number of amides is 2. The molecule has 3 heteroatoms. The largest absolute Gasteiger partial charge is 0.277 e. The van der Waals surface area contributed by atoms with Crippen LogP contribution in [0.1, 0.15) is 38.8 Å². The highest BCUT2D eigenvalue weighted by molar-refractivity contribution is 6.22. The number of nitrogens with zero attached hydrogens (tertiary/aromatic N) is 1. The molecule has 3 nitrogen and oxygen atoms in total. The van der Waals surface area contributed by atoms with E-state index in [1.54, 1.807) is 13.0 Å². The standard InChI is InChI=1S/C13H11NO2/c1-4-5-9-7-6-8(2)10-11(9)13(16)14(3)12(10)15/h6-7H,1-3H3. The molecule has 0 bridgehead atoms. The van der Waals surface area contributed by atoms with Gasteiger partial charge in [0.2, 0.25) is 0 Å². The minimum Gasteiger partial charge on any atom is -0.277 e. The van der Waals surface area contributed by atoms with E-state index in [2.05, 4.69) is 11.8 Å². The van der Waals surface area contributed by atoms with Gasteiger partial charge in [-0.25, -0.2) is 0 Å². The molecule has 1 aromatic carbocycles. The van der Waals surface area contributed by atoms with Crippen LogP contribution in [0.2, 0.25) is 0 Å². The lowest BCUT2D eigenvalue weighted by Gasteiger charge is -2.03. The average molecular weight is 213 g/mol. The van der Waals surface area contributed by atoms with E-state index in [4.69, 9.17) is 0 Å². The molecular weight excluding hydrogens is 202 g/mol. The van der Waals surface area contributed by atoms with Crippen molar-refractivity contribution in [2.45, 2.75) is 13.8 Å². The molecule has 2 rings (SSSR count). The summed E-state index contributed by atoms with van der Waals surface area (Å²) >= 11 is 0. The zero-order valence-corrected chi connectivity index (χ0v) is 9.42. The summed E-state index contributed by atoms with van der Waals surface area (Å²) in [6.45, 7) is 3.53. The number of aryl methyl sites for hydroxylation is 1. The van der Waals surface area contributed by atoms with Crippen LogP contribution in [-0.2, 0) is 0 Å². The molecular formula is C13H11NO2. The number of imide groups is 1. The molecule has 0 unspecified atom stereocenters. The molecule has 1 aromatic rings. The van der Waals surface area contributed by atoms with Crippen LogP contribution >= 0.6 is 0 Å². The monoisotopic (exact) mass is 213 g/mol. The third-order valence-corrected chi connectivity index (χ3v) is 2.71. The van der Waals surface area contributed by atoms with Gasteiger partial charge in [-0.1, -0.05) is 12.0 Å². The molecule has 0 saturated carbocycles. The van der Waals surface area contributed by atoms with Crippen LogP contribution in [0.15, 0.2) is 12.1 Å². The van der Waals surface area contributed by atoms with Crippen molar-refractivity contribution in [1.82, 2.24) is 4.90 Å². The third kappa shape index (κ3) is 1.24. The maximum atomic E-state index is 11.9. The highest BCUT2D eigenvalue weighted by Crippen LogP contribution is 2.27. The van der Waals surface area contributed by atoms with Crippen molar-refractivity contribution < 1.29 is 9.59 Å². The van der Waals surface area contributed by atoms with Crippen LogP contribution in [0.4, 0.5) is 0 Å². The van der Waals surface area contributed by atoms with E-state index in [1.165, 1.54) is 7.05 Å². The highest BCUT2D eigenvalue weighted by atomic mass is 16.2. The maximum Gasteiger partial charge on any atom is 0.262 e. The van der Waals surface area contributed by atoms with Crippen molar-refractivity contribution in [1.29, 1.82) is 0 Å².